The summed E-state index contributed by atoms with van der Waals surface area (Å²) >= 11 is 1.60. The molecular weight excluding hydrogens is 336 g/mol. The molecule has 1 aromatic rings. The monoisotopic (exact) mass is 360 g/mol. The summed E-state index contributed by atoms with van der Waals surface area (Å²) in [6.07, 6.45) is 0.933. The molecule has 0 spiro atoms. The van der Waals surface area contributed by atoms with Crippen molar-refractivity contribution in [1.29, 1.82) is 0 Å². The lowest BCUT2D eigenvalue weighted by Gasteiger charge is -2.22. The van der Waals surface area contributed by atoms with Gasteiger partial charge >= 0.3 is 5.97 Å². The fourth-order valence-electron chi connectivity index (χ4n) is 3.00. The van der Waals surface area contributed by atoms with E-state index in [1.807, 2.05) is 16.3 Å². The number of hydrogen-bond acceptors (Lipinski definition) is 4. The third-order valence-electron chi connectivity index (χ3n) is 4.24. The summed E-state index contributed by atoms with van der Waals surface area (Å²) in [5.41, 5.74) is 0.709. The van der Waals surface area contributed by atoms with E-state index < -0.39 is 5.97 Å². The second-order valence-corrected chi connectivity index (χ2v) is 7.23. The van der Waals surface area contributed by atoms with Crippen molar-refractivity contribution in [2.24, 2.45) is 11.8 Å². The number of carboxylic acids is 1. The number of amides is 1. The fraction of sp³-hybridized carbons (Fsp3) is 0.625. The second kappa shape index (κ2) is 8.66. The maximum absolute atomic E-state index is 12.4. The Hall–Kier alpha value is -1.11. The zero-order valence-corrected chi connectivity index (χ0v) is 15.4. The molecule has 130 valence electrons. The zero-order valence-electron chi connectivity index (χ0n) is 13.7. The van der Waals surface area contributed by atoms with Crippen molar-refractivity contribution >= 4 is 35.6 Å². The second-order valence-electron chi connectivity index (χ2n) is 6.23. The predicted molar refractivity (Wildman–Crippen MR) is 94.6 cm³/mol. The summed E-state index contributed by atoms with van der Waals surface area (Å²) in [5, 5.41) is 13.9. The molecule has 1 aromatic heterocycles. The maximum atomic E-state index is 12.4. The number of carbonyl (C=O) groups is 2. The molecule has 0 bridgehead atoms. The van der Waals surface area contributed by atoms with Gasteiger partial charge in [-0.2, -0.15) is 0 Å². The van der Waals surface area contributed by atoms with E-state index in [1.54, 1.807) is 11.3 Å². The molecule has 1 aliphatic heterocycles. The van der Waals surface area contributed by atoms with E-state index in [0.717, 1.165) is 13.0 Å². The highest BCUT2D eigenvalue weighted by Crippen LogP contribution is 2.25. The number of nitrogens with zero attached hydrogens (tertiary/aromatic N) is 1. The lowest BCUT2D eigenvalue weighted by Crippen LogP contribution is -2.42. The average molecular weight is 361 g/mol. The summed E-state index contributed by atoms with van der Waals surface area (Å²) in [6, 6.07) is 1.95. The highest BCUT2D eigenvalue weighted by atomic mass is 35.5. The SMILES string of the molecule is CCc1cc(C(=O)N[C@H]2CN(CC(=O)O)C[C@@H]2C(C)C)cs1.Cl. The minimum Gasteiger partial charge on any atom is -0.480 e. The first-order valence-corrected chi connectivity index (χ1v) is 8.61. The Labute approximate surface area is 147 Å². The van der Waals surface area contributed by atoms with Crippen LogP contribution in [0, 0.1) is 11.8 Å². The molecule has 0 aromatic carbocycles. The smallest absolute Gasteiger partial charge is 0.317 e. The first kappa shape index (κ1) is 19.9. The molecule has 2 N–H and O–H groups in total. The van der Waals surface area contributed by atoms with Gasteiger partial charge in [0.25, 0.3) is 5.91 Å². The van der Waals surface area contributed by atoms with E-state index in [9.17, 15) is 9.59 Å². The Morgan fingerprint density at radius 1 is 1.43 bits per heavy atom. The number of hydrogen-bond donors (Lipinski definition) is 2. The zero-order chi connectivity index (χ0) is 16.3. The molecule has 1 amide bonds. The number of likely N-dealkylation sites (tertiary alicyclic amines) is 1. The number of rotatable bonds is 6. The Kier molecular flexibility index (Phi) is 7.51. The molecule has 7 heteroatoms. The average Bonchev–Trinajstić information content (AvgIpc) is 3.04. The van der Waals surface area contributed by atoms with Crippen molar-refractivity contribution in [3.8, 4) is 0 Å². The predicted octanol–water partition coefficient (Wildman–Crippen LogP) is 2.50. The van der Waals surface area contributed by atoms with Gasteiger partial charge in [0.05, 0.1) is 12.1 Å². The molecule has 2 rings (SSSR count). The van der Waals surface area contributed by atoms with Crippen molar-refractivity contribution in [1.82, 2.24) is 10.2 Å². The van der Waals surface area contributed by atoms with Crippen LogP contribution < -0.4 is 5.32 Å². The van der Waals surface area contributed by atoms with Gasteiger partial charge in [-0.25, -0.2) is 0 Å². The van der Waals surface area contributed by atoms with Gasteiger partial charge < -0.3 is 10.4 Å². The van der Waals surface area contributed by atoms with Crippen molar-refractivity contribution < 1.29 is 14.7 Å². The Morgan fingerprint density at radius 3 is 2.65 bits per heavy atom. The summed E-state index contributed by atoms with van der Waals surface area (Å²) in [4.78, 5) is 26.4. The van der Waals surface area contributed by atoms with Gasteiger partial charge in [0.15, 0.2) is 0 Å². The third-order valence-corrected chi connectivity index (χ3v) is 5.32. The lowest BCUT2D eigenvalue weighted by molar-refractivity contribution is -0.138. The number of halogens is 1. The number of carboxylic acid groups (broad SMARTS) is 1. The largest absolute Gasteiger partial charge is 0.480 e. The Morgan fingerprint density at radius 2 is 2.13 bits per heavy atom. The minimum absolute atomic E-state index is 0. The third kappa shape index (κ3) is 5.19. The van der Waals surface area contributed by atoms with E-state index in [-0.39, 0.29) is 36.8 Å². The number of nitrogens with one attached hydrogen (secondary N) is 1. The number of aliphatic carboxylic acids is 1. The standard InChI is InChI=1S/C16H24N2O3S.ClH/c1-4-12-5-11(9-22-12)16(21)17-14-7-18(8-15(19)20)6-13(14)10(2)3;/h5,9-10,13-14H,4,6-8H2,1-3H3,(H,17,21)(H,19,20);1H/t13-,14+;/m1./s1. The van der Waals surface area contributed by atoms with Crippen LogP contribution in [0.15, 0.2) is 11.4 Å². The van der Waals surface area contributed by atoms with Crippen LogP contribution in [0.5, 0.6) is 0 Å². The first-order valence-electron chi connectivity index (χ1n) is 7.73. The van der Waals surface area contributed by atoms with Gasteiger partial charge in [-0.3, -0.25) is 14.5 Å². The highest BCUT2D eigenvalue weighted by Gasteiger charge is 2.36. The molecule has 0 saturated carbocycles. The van der Waals surface area contributed by atoms with E-state index in [1.165, 1.54) is 4.88 Å². The summed E-state index contributed by atoms with van der Waals surface area (Å²) in [5.74, 6) is -0.186. The van der Waals surface area contributed by atoms with Crippen molar-refractivity contribution in [2.45, 2.75) is 33.2 Å². The van der Waals surface area contributed by atoms with Gasteiger partial charge in [-0.15, -0.1) is 23.7 Å². The molecular formula is C16H25ClN2O3S. The topological polar surface area (TPSA) is 69.6 Å². The molecule has 0 aliphatic carbocycles. The van der Waals surface area contributed by atoms with Crippen LogP contribution in [0.3, 0.4) is 0 Å². The summed E-state index contributed by atoms with van der Waals surface area (Å²) in [6.45, 7) is 7.67. The molecule has 1 fully saturated rings. The van der Waals surface area contributed by atoms with Crippen LogP contribution in [0.25, 0.3) is 0 Å². The summed E-state index contributed by atoms with van der Waals surface area (Å²) < 4.78 is 0. The molecule has 0 radical (unpaired) electrons. The number of carbonyl (C=O) groups excluding carboxylic acids is 1. The summed E-state index contributed by atoms with van der Waals surface area (Å²) in [7, 11) is 0. The molecule has 5 nitrogen and oxygen atoms in total. The van der Waals surface area contributed by atoms with Crippen molar-refractivity contribution in [3.05, 3.63) is 21.9 Å². The van der Waals surface area contributed by atoms with Gasteiger partial charge in [0.1, 0.15) is 0 Å². The molecule has 1 saturated heterocycles. The quantitative estimate of drug-likeness (QED) is 0.817. The molecule has 2 atom stereocenters. The van der Waals surface area contributed by atoms with E-state index >= 15 is 0 Å². The number of thiophene rings is 1. The van der Waals surface area contributed by atoms with Gasteiger partial charge in [-0.05, 0) is 24.3 Å². The molecule has 2 heterocycles. The van der Waals surface area contributed by atoms with Crippen molar-refractivity contribution in [3.63, 3.8) is 0 Å². The number of aryl methyl sites for hydroxylation is 1. The van der Waals surface area contributed by atoms with Crippen LogP contribution in [-0.2, 0) is 11.2 Å². The van der Waals surface area contributed by atoms with Gasteiger partial charge in [0, 0.05) is 29.4 Å². The van der Waals surface area contributed by atoms with Gasteiger partial charge in [0.2, 0.25) is 0 Å². The van der Waals surface area contributed by atoms with E-state index in [4.69, 9.17) is 5.11 Å². The van der Waals surface area contributed by atoms with Crippen molar-refractivity contribution in [2.75, 3.05) is 19.6 Å². The van der Waals surface area contributed by atoms with Crippen LogP contribution in [0.2, 0.25) is 0 Å². The maximum Gasteiger partial charge on any atom is 0.317 e. The first-order chi connectivity index (χ1) is 10.4. The van der Waals surface area contributed by atoms with E-state index in [0.29, 0.717) is 18.0 Å². The minimum atomic E-state index is -0.820. The Bertz CT molecular complexity index is 547. The fourth-order valence-corrected chi connectivity index (χ4v) is 3.81. The lowest BCUT2D eigenvalue weighted by atomic mass is 9.91. The molecule has 0 unspecified atom stereocenters. The molecule has 23 heavy (non-hydrogen) atoms. The van der Waals surface area contributed by atoms with Gasteiger partial charge in [-0.1, -0.05) is 20.8 Å². The normalized spacial score (nSPS) is 21.2. The van der Waals surface area contributed by atoms with E-state index in [2.05, 4.69) is 26.1 Å². The highest BCUT2D eigenvalue weighted by molar-refractivity contribution is 7.10. The Balaban J connectivity index is 0.00000264. The van der Waals surface area contributed by atoms with Crippen LogP contribution in [0.4, 0.5) is 0 Å². The molecule has 1 aliphatic rings. The van der Waals surface area contributed by atoms with Crippen LogP contribution in [0.1, 0.15) is 36.0 Å². The van der Waals surface area contributed by atoms with Crippen LogP contribution in [-0.4, -0.2) is 47.6 Å². The van der Waals surface area contributed by atoms with Crippen LogP contribution >= 0.6 is 23.7 Å².